The second-order valence-corrected chi connectivity index (χ2v) is 12.3. The molecular weight excluding hydrogens is 468 g/mol. The molecule has 2 saturated heterocycles. The minimum absolute atomic E-state index is 0.00338. The summed E-state index contributed by atoms with van der Waals surface area (Å²) in [6.45, 7) is 0. The van der Waals surface area contributed by atoms with Crippen LogP contribution in [0.4, 0.5) is 0 Å². The number of fused-ring (bicyclic) bond motifs is 5. The van der Waals surface area contributed by atoms with E-state index in [1.54, 1.807) is 0 Å². The first-order valence-corrected chi connectivity index (χ1v) is 14.6. The highest BCUT2D eigenvalue weighted by Crippen LogP contribution is 2.47. The van der Waals surface area contributed by atoms with Crippen molar-refractivity contribution in [3.63, 3.8) is 0 Å². The molecule has 3 aliphatic carbocycles. The summed E-state index contributed by atoms with van der Waals surface area (Å²) >= 11 is 0. The van der Waals surface area contributed by atoms with E-state index in [1.165, 1.54) is 57.8 Å². The molecule has 2 aliphatic heterocycles. The van der Waals surface area contributed by atoms with Gasteiger partial charge in [-0.2, -0.15) is 4.91 Å². The summed E-state index contributed by atoms with van der Waals surface area (Å²) in [5, 5.41) is 12.3. The Bertz CT molecular complexity index is 1100. The van der Waals surface area contributed by atoms with Crippen molar-refractivity contribution in [2.45, 2.75) is 127 Å². The van der Waals surface area contributed by atoms with Gasteiger partial charge in [0.2, 0.25) is 0 Å². The van der Waals surface area contributed by atoms with E-state index in [4.69, 9.17) is 5.11 Å². The van der Waals surface area contributed by atoms with Gasteiger partial charge < -0.3 is 9.67 Å². The molecule has 1 aromatic heterocycles. The van der Waals surface area contributed by atoms with E-state index in [1.807, 2.05) is 10.6 Å². The first-order chi connectivity index (χ1) is 18.0. The number of carboxylic acids is 1. The number of aliphatic carboxylic acids is 1. The summed E-state index contributed by atoms with van der Waals surface area (Å²) in [7, 11) is 0. The highest BCUT2D eigenvalue weighted by molar-refractivity contribution is 5.66. The molecule has 37 heavy (non-hydrogen) atoms. The molecule has 0 spiro atoms. The fraction of sp³-hybridized carbons (Fsp3) is 0.759. The Morgan fingerprint density at radius 2 is 1.70 bits per heavy atom. The summed E-state index contributed by atoms with van der Waals surface area (Å²) < 4.78 is 1.94. The molecule has 0 radical (unpaired) electrons. The van der Waals surface area contributed by atoms with Gasteiger partial charge in [0.25, 0.3) is 5.56 Å². The quantitative estimate of drug-likeness (QED) is 0.494. The van der Waals surface area contributed by atoms with Gasteiger partial charge in [-0.1, -0.05) is 36.9 Å². The Balaban J connectivity index is 1.32. The summed E-state index contributed by atoms with van der Waals surface area (Å²) in [6, 6.07) is 0.748. The monoisotopic (exact) mass is 508 g/mol. The lowest BCUT2D eigenvalue weighted by Gasteiger charge is -2.55. The van der Waals surface area contributed by atoms with Crippen LogP contribution in [-0.4, -0.2) is 43.7 Å². The number of allylic oxidation sites excluding steroid dienone is 1. The lowest BCUT2D eigenvalue weighted by molar-refractivity contribution is -0.137. The van der Waals surface area contributed by atoms with Gasteiger partial charge in [-0.15, -0.1) is 0 Å². The van der Waals surface area contributed by atoms with Crippen LogP contribution < -0.4 is 5.56 Å². The second-order valence-electron chi connectivity index (χ2n) is 12.3. The normalized spacial score (nSPS) is 33.9. The van der Waals surface area contributed by atoms with Crippen LogP contribution in [0.3, 0.4) is 0 Å². The first-order valence-electron chi connectivity index (χ1n) is 14.6. The van der Waals surface area contributed by atoms with E-state index in [2.05, 4.69) is 21.1 Å². The van der Waals surface area contributed by atoms with E-state index in [0.717, 1.165) is 48.9 Å². The maximum atomic E-state index is 13.9. The zero-order valence-electron chi connectivity index (χ0n) is 21.8. The van der Waals surface area contributed by atoms with Crippen molar-refractivity contribution in [3.05, 3.63) is 38.4 Å². The van der Waals surface area contributed by atoms with Gasteiger partial charge in [0, 0.05) is 30.6 Å². The van der Waals surface area contributed by atoms with E-state index in [-0.39, 0.29) is 30.1 Å². The molecule has 3 heterocycles. The minimum atomic E-state index is -1.02. The van der Waals surface area contributed by atoms with Crippen LogP contribution in [0.5, 0.6) is 0 Å². The Labute approximate surface area is 218 Å². The summed E-state index contributed by atoms with van der Waals surface area (Å²) in [5.74, 6) is 0.802. The van der Waals surface area contributed by atoms with Gasteiger partial charge in [0.1, 0.15) is 11.7 Å². The summed E-state index contributed by atoms with van der Waals surface area (Å²) in [6.07, 6.45) is 19.4. The van der Waals surface area contributed by atoms with Crippen LogP contribution in [0.2, 0.25) is 0 Å². The maximum absolute atomic E-state index is 13.9. The number of hydrogen-bond donors (Lipinski definition) is 1. The van der Waals surface area contributed by atoms with Crippen LogP contribution in [0, 0.1) is 16.7 Å². The molecule has 1 N–H and O–H groups in total. The molecule has 5 aliphatic rings. The van der Waals surface area contributed by atoms with E-state index >= 15 is 0 Å². The number of nitroso groups, excluding NO2 is 1. The molecule has 0 amide bonds. The molecule has 4 bridgehead atoms. The maximum Gasteiger partial charge on any atom is 0.303 e. The Morgan fingerprint density at radius 1 is 1.00 bits per heavy atom. The molecule has 8 heteroatoms. The molecule has 8 nitrogen and oxygen atoms in total. The van der Waals surface area contributed by atoms with Crippen molar-refractivity contribution in [2.24, 2.45) is 17.0 Å². The van der Waals surface area contributed by atoms with Gasteiger partial charge in [0.15, 0.2) is 0 Å². The van der Waals surface area contributed by atoms with Crippen molar-refractivity contribution < 1.29 is 9.90 Å². The Morgan fingerprint density at radius 3 is 2.38 bits per heavy atom. The van der Waals surface area contributed by atoms with Crippen LogP contribution in [0.25, 0.3) is 6.08 Å². The summed E-state index contributed by atoms with van der Waals surface area (Å²) in [4.78, 5) is 44.3. The third-order valence-corrected chi connectivity index (χ3v) is 10.0. The third-order valence-electron chi connectivity index (χ3n) is 10.0. The number of rotatable bonds is 7. The number of nitrogens with zero attached hydrogens (tertiary/aromatic N) is 4. The van der Waals surface area contributed by atoms with E-state index < -0.39 is 12.0 Å². The van der Waals surface area contributed by atoms with E-state index in [9.17, 15) is 14.5 Å². The number of aryl methyl sites for hydroxylation is 1. The molecule has 2 saturated carbocycles. The molecule has 5 atom stereocenters. The molecule has 5 unspecified atom stereocenters. The fourth-order valence-corrected chi connectivity index (χ4v) is 8.61. The van der Waals surface area contributed by atoms with Crippen molar-refractivity contribution >= 4 is 12.0 Å². The number of carboxylic acid groups (broad SMARTS) is 1. The number of aromatic nitrogens is 2. The lowest BCUT2D eigenvalue weighted by atomic mass is 9.68. The Hall–Kier alpha value is -2.35. The smallest absolute Gasteiger partial charge is 0.303 e. The predicted octanol–water partition coefficient (Wildman–Crippen LogP) is 5.40. The number of piperidine rings is 2. The predicted molar refractivity (Wildman–Crippen MR) is 141 cm³/mol. The molecule has 200 valence electrons. The zero-order chi connectivity index (χ0) is 25.5. The SMILES string of the molecule is O=NC(CCC(=O)O)c1nc2c(n(C3CC4CCCC(C3)N4C3CC4CCCC(C4)C3)c1=O)C=CCC2. The van der Waals surface area contributed by atoms with Crippen LogP contribution in [0.15, 0.2) is 16.0 Å². The topological polar surface area (TPSA) is 105 Å². The van der Waals surface area contributed by atoms with Gasteiger partial charge in [-0.05, 0) is 82.1 Å². The minimum Gasteiger partial charge on any atom is -0.481 e. The third kappa shape index (κ3) is 4.82. The zero-order valence-corrected chi connectivity index (χ0v) is 21.8. The van der Waals surface area contributed by atoms with Crippen LogP contribution in [-0.2, 0) is 11.2 Å². The van der Waals surface area contributed by atoms with Crippen LogP contribution in [0.1, 0.15) is 119 Å². The van der Waals surface area contributed by atoms with Gasteiger partial charge in [-0.25, -0.2) is 4.98 Å². The van der Waals surface area contributed by atoms with Crippen molar-refractivity contribution in [2.75, 3.05) is 0 Å². The standard InChI is InChI=1S/C29H40N4O4/c34-27(35)12-11-25(31-37)28-29(36)33(26-10-2-1-9-24(26)30-28)23-16-20-7-4-8-21(17-23)32(20)22-14-18-5-3-6-19(13-18)15-22/h2,10,18-23,25H,1,3-9,11-17H2,(H,34,35). The van der Waals surface area contributed by atoms with Crippen molar-refractivity contribution in [1.82, 2.24) is 14.5 Å². The van der Waals surface area contributed by atoms with Gasteiger partial charge in [0.05, 0.1) is 11.4 Å². The molecular formula is C29H40N4O4. The van der Waals surface area contributed by atoms with E-state index in [0.29, 0.717) is 18.1 Å². The van der Waals surface area contributed by atoms with Crippen molar-refractivity contribution in [3.8, 4) is 0 Å². The average molecular weight is 509 g/mol. The summed E-state index contributed by atoms with van der Waals surface area (Å²) in [5.41, 5.74) is 1.61. The van der Waals surface area contributed by atoms with Crippen molar-refractivity contribution in [1.29, 1.82) is 0 Å². The fourth-order valence-electron chi connectivity index (χ4n) is 8.61. The number of hydrogen-bond acceptors (Lipinski definition) is 6. The molecule has 0 aromatic carbocycles. The average Bonchev–Trinajstić information content (AvgIpc) is 2.88. The van der Waals surface area contributed by atoms with Gasteiger partial charge >= 0.3 is 5.97 Å². The molecule has 1 aromatic rings. The van der Waals surface area contributed by atoms with Crippen LogP contribution >= 0.6 is 0 Å². The molecule has 6 rings (SSSR count). The largest absolute Gasteiger partial charge is 0.481 e. The molecule has 4 fully saturated rings. The lowest BCUT2D eigenvalue weighted by Crippen LogP contribution is -2.59. The highest BCUT2D eigenvalue weighted by atomic mass is 16.4. The Kier molecular flexibility index (Phi) is 7.03. The first kappa shape index (κ1) is 25.0. The second kappa shape index (κ2) is 10.4. The number of carbonyl (C=O) groups is 1. The van der Waals surface area contributed by atoms with Gasteiger partial charge in [-0.3, -0.25) is 14.5 Å². The highest BCUT2D eigenvalue weighted by Gasteiger charge is 2.45.